The Morgan fingerprint density at radius 2 is 1.19 bits per heavy atom. The summed E-state index contributed by atoms with van der Waals surface area (Å²) in [6.07, 6.45) is 0. The number of benzene rings is 3. The average Bonchev–Trinajstić information content (AvgIpc) is 2.88. The summed E-state index contributed by atoms with van der Waals surface area (Å²) in [6.45, 7) is 8.30. The minimum Gasteiger partial charge on any atom is -0.494 e. The summed E-state index contributed by atoms with van der Waals surface area (Å²) in [6, 6.07) is 22.4. The van der Waals surface area contributed by atoms with Crippen LogP contribution in [-0.2, 0) is 4.79 Å². The van der Waals surface area contributed by atoms with Crippen molar-refractivity contribution in [3.63, 3.8) is 0 Å². The second-order valence-electron chi connectivity index (χ2n) is 8.60. The van der Waals surface area contributed by atoms with Gasteiger partial charge in [0.1, 0.15) is 11.8 Å². The molecule has 0 unspecified atom stereocenters. The fraction of sp³-hybridized carbons (Fsp3) is 0.214. The quantitative estimate of drug-likeness (QED) is 0.217. The van der Waals surface area contributed by atoms with Crippen molar-refractivity contribution in [2.45, 2.75) is 33.7 Å². The van der Waals surface area contributed by atoms with Crippen molar-refractivity contribution in [1.82, 2.24) is 15.0 Å². The van der Waals surface area contributed by atoms with Crippen molar-refractivity contribution in [3.05, 3.63) is 83.9 Å². The third-order valence-corrected chi connectivity index (χ3v) is 5.42. The Kier molecular flexibility index (Phi) is 8.15. The maximum atomic E-state index is 12.8. The van der Waals surface area contributed by atoms with Crippen LogP contribution < -0.4 is 26.0 Å². The van der Waals surface area contributed by atoms with Gasteiger partial charge >= 0.3 is 0 Å². The highest BCUT2D eigenvalue weighted by molar-refractivity contribution is 5.96. The lowest BCUT2D eigenvalue weighted by Gasteiger charge is -2.16. The molecule has 4 rings (SSSR count). The van der Waals surface area contributed by atoms with Crippen molar-refractivity contribution in [2.75, 3.05) is 27.9 Å². The van der Waals surface area contributed by atoms with Crippen LogP contribution in [0, 0.1) is 13.8 Å². The maximum absolute atomic E-state index is 12.8. The monoisotopic (exact) mass is 497 g/mol. The van der Waals surface area contributed by atoms with Crippen LogP contribution in [0.4, 0.5) is 34.9 Å². The first-order valence-corrected chi connectivity index (χ1v) is 12.1. The molecular formula is C28H31N7O2. The topological polar surface area (TPSA) is 113 Å². The van der Waals surface area contributed by atoms with Crippen LogP contribution in [0.5, 0.6) is 5.75 Å². The fourth-order valence-corrected chi connectivity index (χ4v) is 3.40. The minimum atomic E-state index is -0.617. The molecule has 190 valence electrons. The van der Waals surface area contributed by atoms with Crippen LogP contribution in [0.15, 0.2) is 72.8 Å². The SMILES string of the molecule is CCOc1ccc(NC(=O)[C@H](C)Nc2nc(Nc3ccc(C)cc3)nc(Nc3ccc(C)cc3)n2)cc1. The Morgan fingerprint density at radius 3 is 1.68 bits per heavy atom. The molecular weight excluding hydrogens is 466 g/mol. The van der Waals surface area contributed by atoms with Crippen LogP contribution in [0.2, 0.25) is 0 Å². The number of aryl methyl sites for hydroxylation is 2. The predicted molar refractivity (Wildman–Crippen MR) is 148 cm³/mol. The van der Waals surface area contributed by atoms with E-state index in [4.69, 9.17) is 4.74 Å². The number of anilines is 6. The van der Waals surface area contributed by atoms with Gasteiger partial charge in [-0.3, -0.25) is 4.79 Å². The first-order chi connectivity index (χ1) is 17.9. The highest BCUT2D eigenvalue weighted by atomic mass is 16.5. The Labute approximate surface area is 216 Å². The molecule has 0 aliphatic heterocycles. The number of aromatic nitrogens is 3. The van der Waals surface area contributed by atoms with Gasteiger partial charge in [0.25, 0.3) is 0 Å². The van der Waals surface area contributed by atoms with E-state index in [1.54, 1.807) is 19.1 Å². The molecule has 3 aromatic carbocycles. The summed E-state index contributed by atoms with van der Waals surface area (Å²) >= 11 is 0. The van der Waals surface area contributed by atoms with Crippen LogP contribution >= 0.6 is 0 Å². The van der Waals surface area contributed by atoms with Gasteiger partial charge < -0.3 is 26.0 Å². The summed E-state index contributed by atoms with van der Waals surface area (Å²) in [5.74, 6) is 1.46. The second kappa shape index (κ2) is 11.9. The Hall–Kier alpha value is -4.66. The Morgan fingerprint density at radius 1 is 0.730 bits per heavy atom. The molecule has 0 saturated carbocycles. The largest absolute Gasteiger partial charge is 0.494 e. The third-order valence-electron chi connectivity index (χ3n) is 5.42. The van der Waals surface area contributed by atoms with E-state index < -0.39 is 6.04 Å². The highest BCUT2D eigenvalue weighted by Crippen LogP contribution is 2.20. The van der Waals surface area contributed by atoms with Gasteiger partial charge in [-0.2, -0.15) is 15.0 Å². The average molecular weight is 498 g/mol. The molecule has 1 heterocycles. The van der Waals surface area contributed by atoms with E-state index in [2.05, 4.69) is 36.2 Å². The third kappa shape index (κ3) is 7.41. The number of amides is 1. The zero-order chi connectivity index (χ0) is 26.2. The van der Waals surface area contributed by atoms with E-state index in [9.17, 15) is 4.79 Å². The summed E-state index contributed by atoms with van der Waals surface area (Å²) < 4.78 is 5.45. The molecule has 0 radical (unpaired) electrons. The molecule has 0 bridgehead atoms. The number of ether oxygens (including phenoxy) is 1. The molecule has 1 atom stereocenters. The number of hydrogen-bond donors (Lipinski definition) is 4. The summed E-state index contributed by atoms with van der Waals surface area (Å²) in [4.78, 5) is 26.3. The predicted octanol–water partition coefficient (Wildman–Crippen LogP) is 5.81. The molecule has 0 spiro atoms. The zero-order valence-corrected chi connectivity index (χ0v) is 21.4. The first kappa shape index (κ1) is 25.4. The van der Waals surface area contributed by atoms with Crippen LogP contribution in [0.25, 0.3) is 0 Å². The minimum absolute atomic E-state index is 0.231. The molecule has 9 heteroatoms. The molecule has 1 amide bonds. The van der Waals surface area contributed by atoms with E-state index in [0.29, 0.717) is 24.2 Å². The van der Waals surface area contributed by atoms with E-state index in [1.807, 2.05) is 81.4 Å². The number of rotatable bonds is 10. The lowest BCUT2D eigenvalue weighted by molar-refractivity contribution is -0.116. The van der Waals surface area contributed by atoms with Crippen molar-refractivity contribution < 1.29 is 9.53 Å². The molecule has 37 heavy (non-hydrogen) atoms. The molecule has 9 nitrogen and oxygen atoms in total. The van der Waals surface area contributed by atoms with E-state index >= 15 is 0 Å². The number of carbonyl (C=O) groups is 1. The smallest absolute Gasteiger partial charge is 0.246 e. The van der Waals surface area contributed by atoms with Crippen LogP contribution in [-0.4, -0.2) is 33.5 Å². The number of nitrogens with zero attached hydrogens (tertiary/aromatic N) is 3. The molecule has 0 aliphatic carbocycles. The van der Waals surface area contributed by atoms with Gasteiger partial charge in [-0.05, 0) is 76.2 Å². The maximum Gasteiger partial charge on any atom is 0.246 e. The van der Waals surface area contributed by atoms with Crippen molar-refractivity contribution >= 4 is 40.8 Å². The molecule has 4 N–H and O–H groups in total. The van der Waals surface area contributed by atoms with Gasteiger partial charge in [0.2, 0.25) is 23.8 Å². The molecule has 4 aromatic rings. The molecule has 0 saturated heterocycles. The lowest BCUT2D eigenvalue weighted by atomic mass is 10.2. The van der Waals surface area contributed by atoms with Gasteiger partial charge in [0.05, 0.1) is 6.61 Å². The normalized spacial score (nSPS) is 11.4. The second-order valence-corrected chi connectivity index (χ2v) is 8.60. The molecule has 0 fully saturated rings. The lowest BCUT2D eigenvalue weighted by Crippen LogP contribution is -2.32. The van der Waals surface area contributed by atoms with Gasteiger partial charge in [-0.1, -0.05) is 35.4 Å². The van der Waals surface area contributed by atoms with E-state index in [-0.39, 0.29) is 11.9 Å². The Bertz CT molecular complexity index is 1260. The van der Waals surface area contributed by atoms with E-state index in [0.717, 1.165) is 28.3 Å². The summed E-state index contributed by atoms with van der Waals surface area (Å²) in [5.41, 5.74) is 4.65. The van der Waals surface area contributed by atoms with Crippen molar-refractivity contribution in [2.24, 2.45) is 0 Å². The molecule has 0 aliphatic rings. The number of hydrogen-bond acceptors (Lipinski definition) is 8. The molecule has 1 aromatic heterocycles. The van der Waals surface area contributed by atoms with Gasteiger partial charge in [-0.15, -0.1) is 0 Å². The summed E-state index contributed by atoms with van der Waals surface area (Å²) in [5, 5.41) is 12.4. The van der Waals surface area contributed by atoms with Gasteiger partial charge in [0, 0.05) is 17.1 Å². The van der Waals surface area contributed by atoms with Crippen LogP contribution in [0.3, 0.4) is 0 Å². The van der Waals surface area contributed by atoms with Gasteiger partial charge in [-0.25, -0.2) is 0 Å². The number of carbonyl (C=O) groups excluding carboxylic acids is 1. The first-order valence-electron chi connectivity index (χ1n) is 12.1. The van der Waals surface area contributed by atoms with Crippen LogP contribution in [0.1, 0.15) is 25.0 Å². The number of nitrogens with one attached hydrogen (secondary N) is 4. The van der Waals surface area contributed by atoms with Crippen molar-refractivity contribution in [3.8, 4) is 5.75 Å². The van der Waals surface area contributed by atoms with Gasteiger partial charge in [0.15, 0.2) is 0 Å². The van der Waals surface area contributed by atoms with Crippen molar-refractivity contribution in [1.29, 1.82) is 0 Å². The summed E-state index contributed by atoms with van der Waals surface area (Å²) in [7, 11) is 0. The van der Waals surface area contributed by atoms with E-state index in [1.165, 1.54) is 0 Å². The zero-order valence-electron chi connectivity index (χ0n) is 21.4. The fourth-order valence-electron chi connectivity index (χ4n) is 3.40. The Balaban J connectivity index is 1.51. The standard InChI is InChI=1S/C28H31N7O2/c1-5-37-24-16-14-21(15-17-24)30-25(36)20(4)29-26-33-27(31-22-10-6-18(2)7-11-22)35-28(34-26)32-23-12-8-19(3)9-13-23/h6-17,20H,5H2,1-4H3,(H,30,36)(H3,29,31,32,33,34,35)/t20-/m0/s1. The highest BCUT2D eigenvalue weighted by Gasteiger charge is 2.16.